The Kier molecular flexibility index (Phi) is 5.20. The molecule has 3 nitrogen and oxygen atoms in total. The lowest BCUT2D eigenvalue weighted by molar-refractivity contribution is 0.0600. The first-order valence-electron chi connectivity index (χ1n) is 5.85. The quantitative estimate of drug-likeness (QED) is 0.706. The molecule has 0 bridgehead atoms. The normalized spacial score (nSPS) is 10.2. The third-order valence-electron chi connectivity index (χ3n) is 2.68. The number of carbonyl (C=O) groups excluding carboxylic acids is 1. The van der Waals surface area contributed by atoms with E-state index >= 15 is 0 Å². The number of hydrogen-bond donors (Lipinski definition) is 0. The Hall–Kier alpha value is -1.33. The number of esters is 1. The maximum absolute atomic E-state index is 11.4. The molecular formula is C15H12Br2O3. The van der Waals surface area contributed by atoms with E-state index in [1.807, 2.05) is 30.3 Å². The van der Waals surface area contributed by atoms with Gasteiger partial charge in [0.15, 0.2) is 0 Å². The second-order valence-corrected chi connectivity index (χ2v) is 5.81. The van der Waals surface area contributed by atoms with Gasteiger partial charge in [-0.3, -0.25) is 0 Å². The van der Waals surface area contributed by atoms with Gasteiger partial charge < -0.3 is 9.47 Å². The van der Waals surface area contributed by atoms with Crippen molar-refractivity contribution in [2.75, 3.05) is 7.11 Å². The van der Waals surface area contributed by atoms with Gasteiger partial charge in [-0.1, -0.05) is 37.9 Å². The molecular weight excluding hydrogens is 388 g/mol. The molecule has 0 aromatic heterocycles. The summed E-state index contributed by atoms with van der Waals surface area (Å²) in [5, 5.41) is 0. The predicted molar refractivity (Wildman–Crippen MR) is 84.0 cm³/mol. The molecule has 2 aromatic carbocycles. The summed E-state index contributed by atoms with van der Waals surface area (Å²) < 4.78 is 12.2. The lowest BCUT2D eigenvalue weighted by Gasteiger charge is -2.09. The number of ether oxygens (including phenoxy) is 2. The van der Waals surface area contributed by atoms with Gasteiger partial charge in [0.25, 0.3) is 0 Å². The highest BCUT2D eigenvalue weighted by Gasteiger charge is 2.08. The third kappa shape index (κ3) is 3.84. The van der Waals surface area contributed by atoms with Crippen LogP contribution in [-0.2, 0) is 11.3 Å². The van der Waals surface area contributed by atoms with E-state index < -0.39 is 0 Å². The number of halogens is 2. The summed E-state index contributed by atoms with van der Waals surface area (Å²) in [7, 11) is 1.36. The fourth-order valence-electron chi connectivity index (χ4n) is 1.60. The van der Waals surface area contributed by atoms with E-state index in [0.717, 1.165) is 20.3 Å². The number of carbonyl (C=O) groups is 1. The van der Waals surface area contributed by atoms with Crippen molar-refractivity contribution in [2.45, 2.75) is 6.61 Å². The maximum Gasteiger partial charge on any atom is 0.337 e. The molecule has 0 atom stereocenters. The van der Waals surface area contributed by atoms with E-state index in [1.54, 1.807) is 12.1 Å². The molecule has 0 unspecified atom stereocenters. The SMILES string of the molecule is COC(=O)c1ccc(COc2ccc(Br)cc2)c(Br)c1. The molecule has 0 spiro atoms. The van der Waals surface area contributed by atoms with Crippen molar-refractivity contribution in [3.8, 4) is 5.75 Å². The van der Waals surface area contributed by atoms with E-state index in [1.165, 1.54) is 7.11 Å². The van der Waals surface area contributed by atoms with Gasteiger partial charge >= 0.3 is 5.97 Å². The fraction of sp³-hybridized carbons (Fsp3) is 0.133. The molecule has 104 valence electrons. The van der Waals surface area contributed by atoms with Crippen LogP contribution in [0.5, 0.6) is 5.75 Å². The molecule has 0 heterocycles. The summed E-state index contributed by atoms with van der Waals surface area (Å²) in [5.41, 5.74) is 1.47. The Balaban J connectivity index is 2.06. The molecule has 20 heavy (non-hydrogen) atoms. The maximum atomic E-state index is 11.4. The van der Waals surface area contributed by atoms with Crippen LogP contribution < -0.4 is 4.74 Å². The van der Waals surface area contributed by atoms with Gasteiger partial charge in [-0.25, -0.2) is 4.79 Å². The van der Waals surface area contributed by atoms with Gasteiger partial charge in [0.05, 0.1) is 12.7 Å². The molecule has 0 saturated carbocycles. The Morgan fingerprint density at radius 3 is 2.40 bits per heavy atom. The number of rotatable bonds is 4. The monoisotopic (exact) mass is 398 g/mol. The van der Waals surface area contributed by atoms with E-state index in [0.29, 0.717) is 12.2 Å². The smallest absolute Gasteiger partial charge is 0.337 e. The Morgan fingerprint density at radius 2 is 1.80 bits per heavy atom. The lowest BCUT2D eigenvalue weighted by Crippen LogP contribution is -2.03. The van der Waals surface area contributed by atoms with Crippen LogP contribution in [0.2, 0.25) is 0 Å². The van der Waals surface area contributed by atoms with Crippen molar-refractivity contribution >= 4 is 37.8 Å². The molecule has 5 heteroatoms. The van der Waals surface area contributed by atoms with Crippen LogP contribution in [0.3, 0.4) is 0 Å². The lowest BCUT2D eigenvalue weighted by atomic mass is 10.1. The Morgan fingerprint density at radius 1 is 1.10 bits per heavy atom. The molecule has 0 aliphatic carbocycles. The summed E-state index contributed by atoms with van der Waals surface area (Å²) >= 11 is 6.81. The predicted octanol–water partition coefficient (Wildman–Crippen LogP) is 4.58. The molecule has 2 rings (SSSR count). The Labute approximate surface area is 134 Å². The summed E-state index contributed by atoms with van der Waals surface area (Å²) in [5.74, 6) is 0.434. The molecule has 0 aliphatic rings. The van der Waals surface area contributed by atoms with Gasteiger partial charge in [-0.05, 0) is 36.4 Å². The van der Waals surface area contributed by atoms with E-state index in [2.05, 4.69) is 36.6 Å². The van der Waals surface area contributed by atoms with Gasteiger partial charge in [0.2, 0.25) is 0 Å². The standard InChI is InChI=1S/C15H12Br2O3/c1-19-15(18)10-2-3-11(14(17)8-10)9-20-13-6-4-12(16)5-7-13/h2-8H,9H2,1H3. The van der Waals surface area contributed by atoms with E-state index in [-0.39, 0.29) is 5.97 Å². The van der Waals surface area contributed by atoms with Crippen molar-refractivity contribution in [2.24, 2.45) is 0 Å². The first-order valence-corrected chi connectivity index (χ1v) is 7.44. The van der Waals surface area contributed by atoms with E-state index in [9.17, 15) is 4.79 Å². The number of methoxy groups -OCH3 is 1. The zero-order chi connectivity index (χ0) is 14.5. The fourth-order valence-corrected chi connectivity index (χ4v) is 2.36. The topological polar surface area (TPSA) is 35.5 Å². The number of hydrogen-bond acceptors (Lipinski definition) is 3. The zero-order valence-corrected chi connectivity index (χ0v) is 13.9. The van der Waals surface area contributed by atoms with Crippen LogP contribution in [0.15, 0.2) is 51.4 Å². The minimum atomic E-state index is -0.355. The second kappa shape index (κ2) is 6.90. The summed E-state index contributed by atoms with van der Waals surface area (Å²) in [6, 6.07) is 12.9. The van der Waals surface area contributed by atoms with Crippen LogP contribution in [0.25, 0.3) is 0 Å². The highest BCUT2D eigenvalue weighted by Crippen LogP contribution is 2.22. The molecule has 2 aromatic rings. The van der Waals surface area contributed by atoms with Crippen LogP contribution in [0.1, 0.15) is 15.9 Å². The average molecular weight is 400 g/mol. The molecule has 0 fully saturated rings. The second-order valence-electron chi connectivity index (χ2n) is 4.04. The van der Waals surface area contributed by atoms with Crippen molar-refractivity contribution in [3.63, 3.8) is 0 Å². The summed E-state index contributed by atoms with van der Waals surface area (Å²) in [6.07, 6.45) is 0. The van der Waals surface area contributed by atoms with Crippen LogP contribution in [-0.4, -0.2) is 13.1 Å². The van der Waals surface area contributed by atoms with Crippen molar-refractivity contribution in [1.29, 1.82) is 0 Å². The molecule has 0 N–H and O–H groups in total. The van der Waals surface area contributed by atoms with Crippen molar-refractivity contribution in [3.05, 3.63) is 62.5 Å². The minimum Gasteiger partial charge on any atom is -0.489 e. The molecule has 0 radical (unpaired) electrons. The molecule has 0 saturated heterocycles. The van der Waals surface area contributed by atoms with Crippen LogP contribution >= 0.6 is 31.9 Å². The zero-order valence-electron chi connectivity index (χ0n) is 10.7. The summed E-state index contributed by atoms with van der Waals surface area (Å²) in [4.78, 5) is 11.4. The minimum absolute atomic E-state index is 0.355. The number of benzene rings is 2. The average Bonchev–Trinajstić information content (AvgIpc) is 2.46. The van der Waals surface area contributed by atoms with Crippen LogP contribution in [0.4, 0.5) is 0 Å². The van der Waals surface area contributed by atoms with Crippen molar-refractivity contribution < 1.29 is 14.3 Å². The molecule has 0 aliphatic heterocycles. The first-order chi connectivity index (χ1) is 9.60. The highest BCUT2D eigenvalue weighted by atomic mass is 79.9. The third-order valence-corrected chi connectivity index (χ3v) is 3.95. The summed E-state index contributed by atoms with van der Waals surface area (Å²) in [6.45, 7) is 0.420. The van der Waals surface area contributed by atoms with Crippen LogP contribution in [0, 0.1) is 0 Å². The van der Waals surface area contributed by atoms with Gasteiger partial charge in [-0.15, -0.1) is 0 Å². The Bertz CT molecular complexity index is 609. The van der Waals surface area contributed by atoms with E-state index in [4.69, 9.17) is 4.74 Å². The molecule has 0 amide bonds. The first kappa shape index (κ1) is 15.1. The highest BCUT2D eigenvalue weighted by molar-refractivity contribution is 9.10. The largest absolute Gasteiger partial charge is 0.489 e. The van der Waals surface area contributed by atoms with Gasteiger partial charge in [0.1, 0.15) is 12.4 Å². The van der Waals surface area contributed by atoms with Gasteiger partial charge in [-0.2, -0.15) is 0 Å². The van der Waals surface area contributed by atoms with Crippen molar-refractivity contribution in [1.82, 2.24) is 0 Å². The van der Waals surface area contributed by atoms with Gasteiger partial charge in [0, 0.05) is 14.5 Å².